The predicted octanol–water partition coefficient (Wildman–Crippen LogP) is 3.69. The fourth-order valence-electron chi connectivity index (χ4n) is 3.16. The van der Waals surface area contributed by atoms with Crippen LogP contribution in [0.5, 0.6) is 0 Å². The van der Waals surface area contributed by atoms with Crippen molar-refractivity contribution < 1.29 is 18.4 Å². The monoisotopic (exact) mass is 373 g/mol. The first-order valence-corrected chi connectivity index (χ1v) is 8.91. The molecule has 3 N–H and O–H groups in total. The normalized spacial score (nSPS) is 14.0. The molecule has 142 valence electrons. The minimum atomic E-state index is -0.730. The van der Waals surface area contributed by atoms with E-state index in [0.717, 1.165) is 43.9 Å². The van der Waals surface area contributed by atoms with Gasteiger partial charge in [-0.1, -0.05) is 25.0 Å². The van der Waals surface area contributed by atoms with Crippen molar-refractivity contribution in [2.75, 3.05) is 17.2 Å². The number of anilines is 2. The van der Waals surface area contributed by atoms with E-state index in [-0.39, 0.29) is 24.2 Å². The summed E-state index contributed by atoms with van der Waals surface area (Å²) in [5.74, 6) is -2.11. The number of carbonyl (C=O) groups excluding carboxylic acids is 2. The van der Waals surface area contributed by atoms with Gasteiger partial charge in [0.05, 0.1) is 17.8 Å². The van der Waals surface area contributed by atoms with Crippen molar-refractivity contribution in [2.24, 2.45) is 0 Å². The fourth-order valence-corrected chi connectivity index (χ4v) is 3.16. The Labute approximate surface area is 156 Å². The van der Waals surface area contributed by atoms with Gasteiger partial charge in [-0.15, -0.1) is 0 Å². The SMILES string of the molecule is O=C(CNc1cc(F)cc(F)c1)Nc1ccccc1C(=O)NC1CCCC1. The largest absolute Gasteiger partial charge is 0.376 e. The molecule has 1 aliphatic carbocycles. The molecular weight excluding hydrogens is 352 g/mol. The van der Waals surface area contributed by atoms with Crippen molar-refractivity contribution >= 4 is 23.2 Å². The van der Waals surface area contributed by atoms with Gasteiger partial charge in [-0.2, -0.15) is 0 Å². The molecule has 1 fully saturated rings. The van der Waals surface area contributed by atoms with E-state index in [4.69, 9.17) is 0 Å². The van der Waals surface area contributed by atoms with Crippen LogP contribution >= 0.6 is 0 Å². The molecule has 0 unspecified atom stereocenters. The number of halogens is 2. The van der Waals surface area contributed by atoms with Crippen LogP contribution < -0.4 is 16.0 Å². The number of hydrogen-bond acceptors (Lipinski definition) is 3. The van der Waals surface area contributed by atoms with Gasteiger partial charge in [-0.05, 0) is 37.1 Å². The maximum atomic E-state index is 13.2. The highest BCUT2D eigenvalue weighted by Gasteiger charge is 2.20. The first-order chi connectivity index (χ1) is 13.0. The highest BCUT2D eigenvalue weighted by molar-refractivity contribution is 6.04. The first-order valence-electron chi connectivity index (χ1n) is 8.91. The molecule has 3 rings (SSSR count). The summed E-state index contributed by atoms with van der Waals surface area (Å²) in [5, 5.41) is 8.32. The Hall–Kier alpha value is -2.96. The molecule has 2 amide bonds. The molecule has 2 aromatic carbocycles. The Balaban J connectivity index is 1.61. The Morgan fingerprint density at radius 3 is 2.37 bits per heavy atom. The lowest BCUT2D eigenvalue weighted by Crippen LogP contribution is -2.33. The summed E-state index contributed by atoms with van der Waals surface area (Å²) in [5.41, 5.74) is 0.940. The molecule has 0 aromatic heterocycles. The van der Waals surface area contributed by atoms with Gasteiger partial charge < -0.3 is 16.0 Å². The lowest BCUT2D eigenvalue weighted by molar-refractivity contribution is -0.114. The molecule has 1 saturated carbocycles. The highest BCUT2D eigenvalue weighted by atomic mass is 19.1. The molecule has 7 heteroatoms. The molecule has 5 nitrogen and oxygen atoms in total. The lowest BCUT2D eigenvalue weighted by Gasteiger charge is -2.15. The molecule has 0 heterocycles. The van der Waals surface area contributed by atoms with E-state index < -0.39 is 17.5 Å². The van der Waals surface area contributed by atoms with Crippen LogP contribution in [0.1, 0.15) is 36.0 Å². The molecule has 1 aliphatic rings. The minimum absolute atomic E-state index is 0.162. The van der Waals surface area contributed by atoms with E-state index in [1.165, 1.54) is 0 Å². The average Bonchev–Trinajstić information content (AvgIpc) is 3.12. The van der Waals surface area contributed by atoms with E-state index >= 15 is 0 Å². The van der Waals surface area contributed by atoms with Gasteiger partial charge >= 0.3 is 0 Å². The molecule has 0 radical (unpaired) electrons. The molecular formula is C20H21F2N3O2. The van der Waals surface area contributed by atoms with Crippen LogP contribution in [-0.2, 0) is 4.79 Å². The van der Waals surface area contributed by atoms with E-state index in [9.17, 15) is 18.4 Å². The second kappa shape index (κ2) is 8.62. The highest BCUT2D eigenvalue weighted by Crippen LogP contribution is 2.20. The zero-order valence-electron chi connectivity index (χ0n) is 14.7. The van der Waals surface area contributed by atoms with Crippen LogP contribution in [0, 0.1) is 11.6 Å². The van der Waals surface area contributed by atoms with Crippen LogP contribution in [0.2, 0.25) is 0 Å². The number of nitrogens with one attached hydrogen (secondary N) is 3. The third-order valence-electron chi connectivity index (χ3n) is 4.45. The smallest absolute Gasteiger partial charge is 0.253 e. The van der Waals surface area contributed by atoms with Gasteiger partial charge in [0.25, 0.3) is 5.91 Å². The summed E-state index contributed by atoms with van der Waals surface area (Å²) in [6, 6.07) is 9.86. The average molecular weight is 373 g/mol. The van der Waals surface area contributed by atoms with Crippen molar-refractivity contribution in [3.8, 4) is 0 Å². The lowest BCUT2D eigenvalue weighted by atomic mass is 10.1. The second-order valence-corrected chi connectivity index (χ2v) is 6.56. The summed E-state index contributed by atoms with van der Waals surface area (Å²) in [6.07, 6.45) is 4.15. The van der Waals surface area contributed by atoms with Crippen LogP contribution in [0.15, 0.2) is 42.5 Å². The van der Waals surface area contributed by atoms with Gasteiger partial charge in [-0.25, -0.2) is 8.78 Å². The van der Waals surface area contributed by atoms with Crippen LogP contribution in [0.3, 0.4) is 0 Å². The van der Waals surface area contributed by atoms with E-state index in [0.29, 0.717) is 11.3 Å². The summed E-state index contributed by atoms with van der Waals surface area (Å²) in [6.45, 7) is -0.193. The number of amides is 2. The van der Waals surface area contributed by atoms with Crippen molar-refractivity contribution in [3.05, 3.63) is 59.7 Å². The zero-order valence-corrected chi connectivity index (χ0v) is 14.7. The topological polar surface area (TPSA) is 70.2 Å². The van der Waals surface area contributed by atoms with Crippen molar-refractivity contribution in [1.29, 1.82) is 0 Å². The van der Waals surface area contributed by atoms with Crippen molar-refractivity contribution in [2.45, 2.75) is 31.7 Å². The Kier molecular flexibility index (Phi) is 6.01. The van der Waals surface area contributed by atoms with Crippen LogP contribution in [0.25, 0.3) is 0 Å². The molecule has 27 heavy (non-hydrogen) atoms. The van der Waals surface area contributed by atoms with E-state index in [2.05, 4.69) is 16.0 Å². The Bertz CT molecular complexity index is 815. The summed E-state index contributed by atoms with van der Waals surface area (Å²) < 4.78 is 26.4. The predicted molar refractivity (Wildman–Crippen MR) is 99.6 cm³/mol. The minimum Gasteiger partial charge on any atom is -0.376 e. The zero-order chi connectivity index (χ0) is 19.2. The van der Waals surface area contributed by atoms with Gasteiger partial charge in [0.2, 0.25) is 5.91 Å². The third kappa shape index (κ3) is 5.26. The fraction of sp³-hybridized carbons (Fsp3) is 0.300. The van der Waals surface area contributed by atoms with E-state index in [1.807, 2.05) is 0 Å². The summed E-state index contributed by atoms with van der Waals surface area (Å²) in [7, 11) is 0. The first kappa shape index (κ1) is 18.8. The molecule has 0 atom stereocenters. The van der Waals surface area contributed by atoms with Gasteiger partial charge in [0, 0.05) is 17.8 Å². The van der Waals surface area contributed by atoms with Gasteiger partial charge in [-0.3, -0.25) is 9.59 Å². The molecule has 0 spiro atoms. The standard InChI is InChI=1S/C20H21F2N3O2/c21-13-9-14(22)11-16(10-13)23-12-19(26)25-18-8-4-3-7-17(18)20(27)24-15-5-1-2-6-15/h3-4,7-11,15,23H,1-2,5-6,12H2,(H,24,27)(H,25,26). The Morgan fingerprint density at radius 1 is 1.00 bits per heavy atom. The van der Waals surface area contributed by atoms with Crippen LogP contribution in [0.4, 0.5) is 20.2 Å². The quantitative estimate of drug-likeness (QED) is 0.723. The molecule has 2 aromatic rings. The molecule has 0 bridgehead atoms. The van der Waals surface area contributed by atoms with Crippen molar-refractivity contribution in [3.63, 3.8) is 0 Å². The van der Waals surface area contributed by atoms with Crippen LogP contribution in [-0.4, -0.2) is 24.4 Å². The number of rotatable bonds is 6. The second-order valence-electron chi connectivity index (χ2n) is 6.56. The Morgan fingerprint density at radius 2 is 1.67 bits per heavy atom. The van der Waals surface area contributed by atoms with E-state index in [1.54, 1.807) is 24.3 Å². The molecule has 0 aliphatic heterocycles. The number of para-hydroxylation sites is 1. The number of hydrogen-bond donors (Lipinski definition) is 3. The summed E-state index contributed by atoms with van der Waals surface area (Å²) in [4.78, 5) is 24.7. The number of carbonyl (C=O) groups is 2. The van der Waals surface area contributed by atoms with Crippen molar-refractivity contribution in [1.82, 2.24) is 5.32 Å². The third-order valence-corrected chi connectivity index (χ3v) is 4.45. The maximum Gasteiger partial charge on any atom is 0.253 e. The van der Waals surface area contributed by atoms with Gasteiger partial charge in [0.1, 0.15) is 11.6 Å². The summed E-state index contributed by atoms with van der Waals surface area (Å²) >= 11 is 0. The number of benzene rings is 2. The van der Waals surface area contributed by atoms with Gasteiger partial charge in [0.15, 0.2) is 0 Å². The molecule has 0 saturated heterocycles. The maximum absolute atomic E-state index is 13.2.